The molecule has 0 aliphatic carbocycles. The Kier molecular flexibility index (Phi) is 4.87. The molecule has 0 radical (unpaired) electrons. The molecule has 1 unspecified atom stereocenters. The van der Waals surface area contributed by atoms with Gasteiger partial charge in [0.2, 0.25) is 0 Å². The van der Waals surface area contributed by atoms with Crippen molar-refractivity contribution < 1.29 is 5.11 Å². The molecule has 0 aromatic rings. The molecule has 0 heterocycles. The van der Waals surface area contributed by atoms with E-state index in [1.165, 1.54) is 0 Å². The number of aliphatic hydroxyl groups is 1. The minimum Gasteiger partial charge on any atom is -0.389 e. The Morgan fingerprint density at radius 2 is 2.43 bits per heavy atom. The molecule has 1 N–H and O–H groups in total. The third kappa shape index (κ3) is 4.28. The van der Waals surface area contributed by atoms with E-state index in [4.69, 9.17) is 5.11 Å². The summed E-state index contributed by atoms with van der Waals surface area (Å²) in [6, 6.07) is 0. The van der Waals surface area contributed by atoms with Gasteiger partial charge in [0.15, 0.2) is 0 Å². The van der Waals surface area contributed by atoms with E-state index in [9.17, 15) is 0 Å². The van der Waals surface area contributed by atoms with Gasteiger partial charge in [-0.2, -0.15) is 0 Å². The summed E-state index contributed by atoms with van der Waals surface area (Å²) in [6.07, 6.45) is 2.33. The van der Waals surface area contributed by atoms with Crippen LogP contribution in [-0.4, -0.2) is 11.2 Å². The molecule has 0 saturated carbocycles. The Bertz CT molecular complexity index is 61.1. The highest BCUT2D eigenvalue weighted by atomic mass is 127. The van der Waals surface area contributed by atoms with E-state index in [2.05, 4.69) is 22.6 Å². The predicted molar refractivity (Wildman–Crippen MR) is 39.5 cm³/mol. The van der Waals surface area contributed by atoms with Crippen molar-refractivity contribution in [1.82, 2.24) is 0 Å². The lowest BCUT2D eigenvalue weighted by atomic mass is 10.3. The largest absolute Gasteiger partial charge is 0.389 e. The Morgan fingerprint density at radius 3 is 2.57 bits per heavy atom. The first-order valence-corrected chi connectivity index (χ1v) is 3.50. The molecule has 1 atom stereocenters. The van der Waals surface area contributed by atoms with Gasteiger partial charge in [-0.1, -0.05) is 35.6 Å². The fourth-order valence-electron chi connectivity index (χ4n) is 0.220. The maximum Gasteiger partial charge on any atom is 0.0725 e. The number of aliphatic hydroxyl groups excluding tert-OH is 1. The molecular weight excluding hydrogens is 203 g/mol. The van der Waals surface area contributed by atoms with Crippen molar-refractivity contribution in [3.8, 4) is 0 Å². The van der Waals surface area contributed by atoms with Crippen LogP contribution in [0.3, 0.4) is 0 Å². The lowest BCUT2D eigenvalue weighted by Gasteiger charge is -1.94. The van der Waals surface area contributed by atoms with Crippen LogP contribution in [0.2, 0.25) is 0 Å². The summed E-state index contributed by atoms with van der Waals surface area (Å²) in [5, 5.41) is 8.77. The van der Waals surface area contributed by atoms with Crippen LogP contribution in [0.5, 0.6) is 0 Å². The van der Waals surface area contributed by atoms with Gasteiger partial charge in [-0.3, -0.25) is 0 Å². The van der Waals surface area contributed by atoms with Gasteiger partial charge in [0, 0.05) is 0 Å². The van der Waals surface area contributed by atoms with Gasteiger partial charge >= 0.3 is 0 Å². The number of hydrogen-bond donors (Lipinski definition) is 1. The molecule has 0 fully saturated rings. The summed E-state index contributed by atoms with van der Waals surface area (Å²) in [4.78, 5) is 0. The quantitative estimate of drug-likeness (QED) is 0.690. The first kappa shape index (κ1) is 7.43. The maximum atomic E-state index is 8.77. The summed E-state index contributed by atoms with van der Waals surface area (Å²) >= 11 is 2.09. The number of hydrogen-bond acceptors (Lipinski definition) is 1. The van der Waals surface area contributed by atoms with Crippen molar-refractivity contribution in [1.29, 1.82) is 0 Å². The number of halogens is 1. The van der Waals surface area contributed by atoms with Crippen LogP contribution in [0.1, 0.15) is 13.3 Å². The van der Waals surface area contributed by atoms with Crippen molar-refractivity contribution in [3.05, 3.63) is 10.2 Å². The maximum absolute atomic E-state index is 8.77. The highest BCUT2D eigenvalue weighted by molar-refractivity contribution is 14.1. The smallest absolute Gasteiger partial charge is 0.0725 e. The van der Waals surface area contributed by atoms with Crippen LogP contribution < -0.4 is 0 Å². The molecule has 0 spiro atoms. The van der Waals surface area contributed by atoms with Gasteiger partial charge in [0.05, 0.1) is 6.10 Å². The summed E-state index contributed by atoms with van der Waals surface area (Å²) < 4.78 is 1.83. The van der Waals surface area contributed by atoms with E-state index in [1.807, 2.05) is 11.0 Å². The molecule has 2 heteroatoms. The lowest BCUT2D eigenvalue weighted by molar-refractivity contribution is 0.219. The van der Waals surface area contributed by atoms with Gasteiger partial charge in [0.1, 0.15) is 0 Å². The predicted octanol–water partition coefficient (Wildman–Crippen LogP) is 1.71. The van der Waals surface area contributed by atoms with Gasteiger partial charge in [0.25, 0.3) is 0 Å². The second kappa shape index (κ2) is 4.59. The van der Waals surface area contributed by atoms with Crippen LogP contribution in [0.15, 0.2) is 10.2 Å². The zero-order valence-corrected chi connectivity index (χ0v) is 6.42. The van der Waals surface area contributed by atoms with Gasteiger partial charge < -0.3 is 5.11 Å². The van der Waals surface area contributed by atoms with Gasteiger partial charge in [-0.15, -0.1) is 0 Å². The van der Waals surface area contributed by atoms with E-state index in [1.54, 1.807) is 6.08 Å². The van der Waals surface area contributed by atoms with Crippen LogP contribution in [-0.2, 0) is 0 Å². The van der Waals surface area contributed by atoms with Crippen LogP contribution in [0, 0.1) is 0 Å². The summed E-state index contributed by atoms with van der Waals surface area (Å²) in [5.41, 5.74) is 0. The van der Waals surface area contributed by atoms with Crippen molar-refractivity contribution in [2.45, 2.75) is 19.4 Å². The molecule has 7 heavy (non-hydrogen) atoms. The third-order valence-corrected chi connectivity index (χ3v) is 1.13. The Morgan fingerprint density at radius 1 is 1.86 bits per heavy atom. The Balaban J connectivity index is 3.16. The van der Waals surface area contributed by atoms with Crippen molar-refractivity contribution >= 4 is 22.6 Å². The van der Waals surface area contributed by atoms with Crippen LogP contribution in [0.25, 0.3) is 0 Å². The molecule has 42 valence electrons. The SMILES string of the molecule is CCC(O)/C=C\I. The topological polar surface area (TPSA) is 20.2 Å². The average Bonchev–Trinajstić information content (AvgIpc) is 1.68. The van der Waals surface area contributed by atoms with E-state index < -0.39 is 0 Å². The molecule has 0 amide bonds. The van der Waals surface area contributed by atoms with Crippen molar-refractivity contribution in [2.24, 2.45) is 0 Å². The van der Waals surface area contributed by atoms with E-state index in [0.29, 0.717) is 0 Å². The third-order valence-electron chi connectivity index (χ3n) is 0.713. The van der Waals surface area contributed by atoms with Gasteiger partial charge in [-0.25, -0.2) is 0 Å². The fourth-order valence-corrected chi connectivity index (χ4v) is 0.699. The van der Waals surface area contributed by atoms with Crippen molar-refractivity contribution in [3.63, 3.8) is 0 Å². The summed E-state index contributed by atoms with van der Waals surface area (Å²) in [7, 11) is 0. The second-order valence-electron chi connectivity index (χ2n) is 1.29. The average molecular weight is 212 g/mol. The Hall–Kier alpha value is 0.430. The molecule has 0 aromatic carbocycles. The monoisotopic (exact) mass is 212 g/mol. The standard InChI is InChI=1S/C5H9IO/c1-2-5(7)3-4-6/h3-5,7H,2H2,1H3/b4-3-. The van der Waals surface area contributed by atoms with Crippen LogP contribution in [0.4, 0.5) is 0 Å². The molecule has 0 bridgehead atoms. The molecule has 0 aromatic heterocycles. The minimum absolute atomic E-state index is 0.239. The minimum atomic E-state index is -0.239. The van der Waals surface area contributed by atoms with Crippen molar-refractivity contribution in [2.75, 3.05) is 0 Å². The zero-order valence-electron chi connectivity index (χ0n) is 4.26. The first-order chi connectivity index (χ1) is 3.31. The fraction of sp³-hybridized carbons (Fsp3) is 0.600. The molecule has 0 saturated heterocycles. The van der Waals surface area contributed by atoms with Crippen LogP contribution >= 0.6 is 22.6 Å². The highest BCUT2D eigenvalue weighted by Crippen LogP contribution is 1.93. The molecule has 0 rings (SSSR count). The van der Waals surface area contributed by atoms with E-state index in [-0.39, 0.29) is 6.10 Å². The zero-order chi connectivity index (χ0) is 5.70. The van der Waals surface area contributed by atoms with Gasteiger partial charge in [-0.05, 0) is 10.5 Å². The highest BCUT2D eigenvalue weighted by Gasteiger charge is 1.88. The summed E-state index contributed by atoms with van der Waals surface area (Å²) in [5.74, 6) is 0. The number of rotatable bonds is 2. The van der Waals surface area contributed by atoms with E-state index in [0.717, 1.165) is 6.42 Å². The second-order valence-corrected chi connectivity index (χ2v) is 2.01. The Labute approximate surface area is 57.6 Å². The molecular formula is C5H9IO. The van der Waals surface area contributed by atoms with E-state index >= 15 is 0 Å². The normalized spacial score (nSPS) is 15.3. The summed E-state index contributed by atoms with van der Waals surface area (Å²) in [6.45, 7) is 1.95. The molecule has 0 aliphatic rings. The molecule has 0 aliphatic heterocycles. The lowest BCUT2D eigenvalue weighted by Crippen LogP contribution is -1.96. The molecule has 1 nitrogen and oxygen atoms in total. The first-order valence-electron chi connectivity index (χ1n) is 2.26.